The number of anilines is 1. The van der Waals surface area contributed by atoms with E-state index in [-0.39, 0.29) is 18.2 Å². The van der Waals surface area contributed by atoms with E-state index >= 15 is 0 Å². The van der Waals surface area contributed by atoms with Crippen LogP contribution in [0.5, 0.6) is 11.5 Å². The van der Waals surface area contributed by atoms with Crippen molar-refractivity contribution in [3.05, 3.63) is 76.9 Å². The van der Waals surface area contributed by atoms with Gasteiger partial charge in [0, 0.05) is 17.1 Å². The molecule has 2 heterocycles. The van der Waals surface area contributed by atoms with Crippen LogP contribution in [0.15, 0.2) is 66.2 Å². The topological polar surface area (TPSA) is 78.3 Å². The molecule has 0 radical (unpaired) electrons. The van der Waals surface area contributed by atoms with Gasteiger partial charge in [-0.05, 0) is 42.5 Å². The highest BCUT2D eigenvalue weighted by Gasteiger charge is 2.13. The van der Waals surface area contributed by atoms with Gasteiger partial charge in [0.25, 0.3) is 5.91 Å². The molecule has 7 nitrogen and oxygen atoms in total. The molecule has 4 rings (SSSR count). The summed E-state index contributed by atoms with van der Waals surface area (Å²) in [5, 5.41) is 9.48. The summed E-state index contributed by atoms with van der Waals surface area (Å²) in [6, 6.07) is 14.7. The van der Waals surface area contributed by atoms with Crippen molar-refractivity contribution < 1.29 is 23.0 Å². The van der Waals surface area contributed by atoms with Gasteiger partial charge >= 0.3 is 6.61 Å². The minimum atomic E-state index is -2.88. The molecule has 1 N–H and O–H groups in total. The number of hydrogen-bond acceptors (Lipinski definition) is 6. The molecular formula is C21H15ClF2N4O3S. The summed E-state index contributed by atoms with van der Waals surface area (Å²) in [5.74, 6) is 0.143. The molecule has 1 amide bonds. The Hall–Kier alpha value is -3.50. The van der Waals surface area contributed by atoms with Crippen LogP contribution in [0.3, 0.4) is 0 Å². The van der Waals surface area contributed by atoms with Crippen molar-refractivity contribution in [2.45, 2.75) is 13.3 Å². The third kappa shape index (κ3) is 5.40. The quantitative estimate of drug-likeness (QED) is 0.360. The molecule has 4 aromatic rings. The number of alkyl halides is 2. The molecule has 0 unspecified atom stereocenters. The molecule has 11 heteroatoms. The number of rotatable bonds is 8. The number of ether oxygens (including phenoxy) is 2. The molecule has 0 spiro atoms. The highest BCUT2D eigenvalue weighted by Crippen LogP contribution is 2.27. The van der Waals surface area contributed by atoms with Crippen molar-refractivity contribution in [3.63, 3.8) is 0 Å². The van der Waals surface area contributed by atoms with E-state index < -0.39 is 12.5 Å². The van der Waals surface area contributed by atoms with E-state index in [1.54, 1.807) is 54.0 Å². The first-order chi connectivity index (χ1) is 15.5. The van der Waals surface area contributed by atoms with Gasteiger partial charge in [-0.2, -0.15) is 13.9 Å². The molecule has 0 bridgehead atoms. The van der Waals surface area contributed by atoms with Crippen LogP contribution in [0.25, 0.3) is 11.3 Å². The number of amides is 1. The summed E-state index contributed by atoms with van der Waals surface area (Å²) < 4.78 is 35.9. The highest BCUT2D eigenvalue weighted by atomic mass is 35.5. The van der Waals surface area contributed by atoms with Crippen molar-refractivity contribution in [2.75, 3.05) is 5.32 Å². The number of aromatic nitrogens is 3. The SMILES string of the molecule is O=C(Nc1nc(-c2ccc(OC(F)F)cc2)cs1)c1ccn(COc2ccccc2Cl)n1. The Morgan fingerprint density at radius 1 is 1.16 bits per heavy atom. The Balaban J connectivity index is 1.35. The number of para-hydroxylation sites is 1. The Bertz CT molecular complexity index is 1210. The van der Waals surface area contributed by atoms with Crippen LogP contribution in [-0.2, 0) is 6.73 Å². The van der Waals surface area contributed by atoms with Gasteiger partial charge in [0.2, 0.25) is 0 Å². The zero-order valence-corrected chi connectivity index (χ0v) is 17.8. The number of thiazole rings is 1. The van der Waals surface area contributed by atoms with Gasteiger partial charge in [0.1, 0.15) is 11.5 Å². The van der Waals surface area contributed by atoms with Crippen LogP contribution < -0.4 is 14.8 Å². The maximum absolute atomic E-state index is 12.5. The van der Waals surface area contributed by atoms with Gasteiger partial charge in [0.05, 0.1) is 10.7 Å². The summed E-state index contributed by atoms with van der Waals surface area (Å²) in [7, 11) is 0. The van der Waals surface area contributed by atoms with Crippen molar-refractivity contribution in [1.82, 2.24) is 14.8 Å². The Kier molecular flexibility index (Phi) is 6.62. The summed E-state index contributed by atoms with van der Waals surface area (Å²) in [5.41, 5.74) is 1.48. The van der Waals surface area contributed by atoms with Crippen molar-refractivity contribution in [2.24, 2.45) is 0 Å². The van der Waals surface area contributed by atoms with E-state index in [1.807, 2.05) is 0 Å². The molecule has 0 atom stereocenters. The van der Waals surface area contributed by atoms with Crippen LogP contribution in [0.2, 0.25) is 5.02 Å². The fraction of sp³-hybridized carbons (Fsp3) is 0.0952. The predicted molar refractivity (Wildman–Crippen MR) is 116 cm³/mol. The van der Waals surface area contributed by atoms with E-state index in [2.05, 4.69) is 20.1 Å². The summed E-state index contributed by atoms with van der Waals surface area (Å²) >= 11 is 7.28. The first-order valence-electron chi connectivity index (χ1n) is 9.21. The molecule has 0 saturated heterocycles. The Labute approximate surface area is 190 Å². The maximum atomic E-state index is 12.5. The van der Waals surface area contributed by atoms with Gasteiger partial charge in [-0.15, -0.1) is 11.3 Å². The van der Waals surface area contributed by atoms with Crippen molar-refractivity contribution >= 4 is 34.0 Å². The number of carbonyl (C=O) groups is 1. The molecule has 2 aromatic carbocycles. The van der Waals surface area contributed by atoms with E-state index in [9.17, 15) is 13.6 Å². The van der Waals surface area contributed by atoms with Crippen LogP contribution in [0, 0.1) is 0 Å². The third-order valence-electron chi connectivity index (χ3n) is 4.16. The lowest BCUT2D eigenvalue weighted by molar-refractivity contribution is -0.0498. The zero-order chi connectivity index (χ0) is 22.5. The van der Waals surface area contributed by atoms with Gasteiger partial charge < -0.3 is 9.47 Å². The molecule has 0 saturated carbocycles. The van der Waals surface area contributed by atoms with Crippen molar-refractivity contribution in [3.8, 4) is 22.8 Å². The van der Waals surface area contributed by atoms with E-state index in [4.69, 9.17) is 16.3 Å². The van der Waals surface area contributed by atoms with E-state index in [0.29, 0.717) is 27.2 Å². The molecule has 0 fully saturated rings. The van der Waals surface area contributed by atoms with Crippen LogP contribution >= 0.6 is 22.9 Å². The number of nitrogens with zero attached hydrogens (tertiary/aromatic N) is 3. The second-order valence-corrected chi connectivity index (χ2v) is 7.60. The zero-order valence-electron chi connectivity index (χ0n) is 16.2. The summed E-state index contributed by atoms with van der Waals surface area (Å²) in [6.45, 7) is -2.79. The normalized spacial score (nSPS) is 10.9. The Morgan fingerprint density at radius 2 is 1.94 bits per heavy atom. The lowest BCUT2D eigenvalue weighted by atomic mass is 10.2. The lowest BCUT2D eigenvalue weighted by Gasteiger charge is -2.07. The second kappa shape index (κ2) is 9.75. The van der Waals surface area contributed by atoms with E-state index in [1.165, 1.54) is 28.2 Å². The molecule has 0 aliphatic rings. The monoisotopic (exact) mass is 476 g/mol. The number of halogens is 3. The third-order valence-corrected chi connectivity index (χ3v) is 5.23. The van der Waals surface area contributed by atoms with Gasteiger partial charge in [-0.3, -0.25) is 10.1 Å². The number of benzene rings is 2. The fourth-order valence-electron chi connectivity index (χ4n) is 2.68. The molecule has 0 aliphatic heterocycles. The molecule has 164 valence electrons. The second-order valence-electron chi connectivity index (χ2n) is 6.34. The maximum Gasteiger partial charge on any atom is 0.387 e. The van der Waals surface area contributed by atoms with Gasteiger partial charge in [0.15, 0.2) is 17.6 Å². The van der Waals surface area contributed by atoms with Crippen LogP contribution in [0.4, 0.5) is 13.9 Å². The van der Waals surface area contributed by atoms with E-state index in [0.717, 1.165) is 0 Å². The van der Waals surface area contributed by atoms with Crippen LogP contribution in [-0.4, -0.2) is 27.3 Å². The highest BCUT2D eigenvalue weighted by molar-refractivity contribution is 7.14. The van der Waals surface area contributed by atoms with Gasteiger partial charge in [-0.1, -0.05) is 23.7 Å². The minimum Gasteiger partial charge on any atom is -0.470 e. The smallest absolute Gasteiger partial charge is 0.387 e. The number of carbonyl (C=O) groups excluding carboxylic acids is 1. The average molecular weight is 477 g/mol. The molecule has 32 heavy (non-hydrogen) atoms. The molecule has 2 aromatic heterocycles. The lowest BCUT2D eigenvalue weighted by Crippen LogP contribution is -2.14. The summed E-state index contributed by atoms with van der Waals surface area (Å²) in [4.78, 5) is 16.8. The first-order valence-corrected chi connectivity index (χ1v) is 10.5. The number of nitrogens with one attached hydrogen (secondary N) is 1. The fourth-order valence-corrected chi connectivity index (χ4v) is 3.59. The number of hydrogen-bond donors (Lipinski definition) is 1. The average Bonchev–Trinajstić information content (AvgIpc) is 3.43. The minimum absolute atomic E-state index is 0.0570. The summed E-state index contributed by atoms with van der Waals surface area (Å²) in [6.07, 6.45) is 1.61. The molecular weight excluding hydrogens is 462 g/mol. The first kappa shape index (κ1) is 21.7. The Morgan fingerprint density at radius 3 is 2.69 bits per heavy atom. The largest absolute Gasteiger partial charge is 0.470 e. The molecule has 0 aliphatic carbocycles. The van der Waals surface area contributed by atoms with Crippen molar-refractivity contribution in [1.29, 1.82) is 0 Å². The predicted octanol–water partition coefficient (Wildman–Crippen LogP) is 5.55. The van der Waals surface area contributed by atoms with Gasteiger partial charge in [-0.25, -0.2) is 9.67 Å². The van der Waals surface area contributed by atoms with Crippen LogP contribution in [0.1, 0.15) is 10.5 Å². The standard InChI is InChI=1S/C21H15ClF2N4O3S/c22-15-3-1-2-4-18(15)30-12-28-10-9-16(27-28)19(29)26-21-25-17(11-32-21)13-5-7-14(8-6-13)31-20(23)24/h1-11,20H,12H2,(H,25,26,29).